The standard InChI is InChI=1S/C2H4F.C2H2O4.BH3O3.Li/c1-2-3;3-1(4)2(5)6;2-1(3)4;/h2H,1H3;(H,3,4)(H,5,6);2-4H;. The maximum atomic E-state index is 11.0. The number of aliphatic carboxylic acids is 2. The van der Waals surface area contributed by atoms with Crippen LogP contribution in [-0.2, 0) is 9.59 Å². The third-order valence-electron chi connectivity index (χ3n) is 0.183. The second kappa shape index (κ2) is 12.4. The van der Waals surface area contributed by atoms with E-state index in [0.717, 1.165) is 0 Å². The Morgan fingerprint density at radius 2 is 1.29 bits per heavy atom. The SMILES string of the molecule is O=C(O)C(=O)O.OB(O)O.[Li][CH](C)F. The summed E-state index contributed by atoms with van der Waals surface area (Å²) in [6.07, 6.45) is 0. The van der Waals surface area contributed by atoms with Gasteiger partial charge in [-0.1, -0.05) is 0 Å². The minimum absolute atomic E-state index is 0.667. The van der Waals surface area contributed by atoms with Crippen molar-refractivity contribution >= 4 is 37.0 Å². The van der Waals surface area contributed by atoms with E-state index < -0.39 is 24.1 Å². The molecule has 0 bridgehead atoms. The molecule has 0 rings (SSSR count). The van der Waals surface area contributed by atoms with Gasteiger partial charge in [0, 0.05) is 0 Å². The number of hydrogen-bond acceptors (Lipinski definition) is 5. The molecule has 0 amide bonds. The fourth-order valence-corrected chi connectivity index (χ4v) is 0. The molecule has 5 N–H and O–H groups in total. The summed E-state index contributed by atoms with van der Waals surface area (Å²) in [6.45, 7) is 1.50. The quantitative estimate of drug-likeness (QED) is 0.219. The molecule has 0 aliphatic carbocycles. The molecule has 0 aliphatic rings. The Kier molecular flexibility index (Phi) is 16.9. The molecular weight excluding hydrogens is 197 g/mol. The van der Waals surface area contributed by atoms with Gasteiger partial charge in [-0.25, -0.2) is 9.59 Å². The zero-order valence-corrected chi connectivity index (χ0v) is 7.59. The molecule has 1 unspecified atom stereocenters. The van der Waals surface area contributed by atoms with Crippen molar-refractivity contribution in [3.05, 3.63) is 0 Å². The van der Waals surface area contributed by atoms with Crippen molar-refractivity contribution in [3.63, 3.8) is 0 Å². The molecule has 0 saturated heterocycles. The number of carboxylic acid groups (broad SMARTS) is 2. The summed E-state index contributed by atoms with van der Waals surface area (Å²) in [6, 6.07) is 0. The van der Waals surface area contributed by atoms with Crippen molar-refractivity contribution in [2.24, 2.45) is 0 Å². The molecular formula is C4H9BFLiO7. The van der Waals surface area contributed by atoms with Crippen LogP contribution >= 0.6 is 0 Å². The van der Waals surface area contributed by atoms with Crippen LogP contribution < -0.4 is 0 Å². The van der Waals surface area contributed by atoms with Crippen LogP contribution in [0.1, 0.15) is 6.92 Å². The second-order valence-electron chi connectivity index (χ2n) is 1.97. The first-order chi connectivity index (χ1) is 6.11. The Bertz CT molecular complexity index is 140. The van der Waals surface area contributed by atoms with E-state index in [1.807, 2.05) is 0 Å². The number of rotatable bonds is 0. The molecule has 78 valence electrons. The number of alkyl halides is 1. The zero-order chi connectivity index (χ0) is 12.3. The van der Waals surface area contributed by atoms with Crippen LogP contribution in [0.25, 0.3) is 0 Å². The summed E-state index contributed by atoms with van der Waals surface area (Å²) in [7, 11) is -2.17. The topological polar surface area (TPSA) is 135 Å². The van der Waals surface area contributed by atoms with E-state index in [2.05, 4.69) is 0 Å². The normalized spacial score (nSPS) is 9.64. The third kappa shape index (κ3) is 106. The van der Waals surface area contributed by atoms with E-state index in [4.69, 9.17) is 34.9 Å². The Balaban J connectivity index is -0.000000135. The molecule has 0 fully saturated rings. The Hall–Kier alpha value is -0.588. The molecule has 0 aromatic heterocycles. The van der Waals surface area contributed by atoms with Gasteiger partial charge in [-0.15, -0.1) is 0 Å². The Morgan fingerprint density at radius 1 is 1.21 bits per heavy atom. The maximum absolute atomic E-state index is 11.0. The molecule has 14 heavy (non-hydrogen) atoms. The van der Waals surface area contributed by atoms with Crippen LogP contribution in [-0.4, -0.2) is 67.1 Å². The first kappa shape index (κ1) is 19.1. The van der Waals surface area contributed by atoms with E-state index in [0.29, 0.717) is 0 Å². The van der Waals surface area contributed by atoms with Gasteiger partial charge in [-0.2, -0.15) is 0 Å². The van der Waals surface area contributed by atoms with Gasteiger partial charge in [-0.3, -0.25) is 0 Å². The minimum atomic E-state index is -2.17. The van der Waals surface area contributed by atoms with Gasteiger partial charge in [0.25, 0.3) is 0 Å². The first-order valence-corrected chi connectivity index (χ1v) is 3.25. The molecule has 7 nitrogen and oxygen atoms in total. The molecule has 0 aromatic rings. The fourth-order valence-electron chi connectivity index (χ4n) is 0. The van der Waals surface area contributed by atoms with Crippen molar-refractivity contribution in [2.45, 2.75) is 11.8 Å². The Labute approximate surface area is 88.6 Å². The summed E-state index contributed by atoms with van der Waals surface area (Å²) in [5.74, 6) is -3.65. The molecule has 0 aromatic carbocycles. The summed E-state index contributed by atoms with van der Waals surface area (Å²) < 4.78 is 11.0. The molecule has 0 aliphatic heterocycles. The van der Waals surface area contributed by atoms with Gasteiger partial charge < -0.3 is 25.3 Å². The number of carbonyl (C=O) groups is 2. The molecule has 10 heteroatoms. The van der Waals surface area contributed by atoms with Crippen LogP contribution in [0, 0.1) is 0 Å². The van der Waals surface area contributed by atoms with E-state index >= 15 is 0 Å². The first-order valence-electron chi connectivity index (χ1n) is 3.25. The third-order valence-corrected chi connectivity index (χ3v) is 0.183. The van der Waals surface area contributed by atoms with Crippen molar-refractivity contribution in [3.8, 4) is 0 Å². The molecule has 0 spiro atoms. The monoisotopic (exact) mass is 206 g/mol. The van der Waals surface area contributed by atoms with Gasteiger partial charge in [0.15, 0.2) is 0 Å². The van der Waals surface area contributed by atoms with Gasteiger partial charge in [0.1, 0.15) is 0 Å². The van der Waals surface area contributed by atoms with Crippen LogP contribution in [0.2, 0.25) is 0 Å². The van der Waals surface area contributed by atoms with Gasteiger partial charge >= 0.3 is 53.1 Å². The number of carboxylic acids is 2. The van der Waals surface area contributed by atoms with Crippen LogP contribution in [0.15, 0.2) is 0 Å². The number of halogens is 1. The van der Waals surface area contributed by atoms with Crippen molar-refractivity contribution < 1.29 is 39.3 Å². The summed E-state index contributed by atoms with van der Waals surface area (Å²) in [5.41, 5.74) is 0. The predicted molar refractivity (Wildman–Crippen MR) is 44.0 cm³/mol. The number of hydrogen-bond donors (Lipinski definition) is 5. The Morgan fingerprint density at radius 3 is 1.29 bits per heavy atom. The average Bonchev–Trinajstić information content (AvgIpc) is 1.83. The molecule has 0 saturated carbocycles. The van der Waals surface area contributed by atoms with Crippen molar-refractivity contribution in [1.82, 2.24) is 0 Å². The molecule has 0 heterocycles. The van der Waals surface area contributed by atoms with Gasteiger partial charge in [0.2, 0.25) is 0 Å². The second-order valence-corrected chi connectivity index (χ2v) is 1.97. The van der Waals surface area contributed by atoms with Crippen LogP contribution in [0.5, 0.6) is 0 Å². The fraction of sp³-hybridized carbons (Fsp3) is 0.500. The summed E-state index contributed by atoms with van der Waals surface area (Å²) in [4.78, 5) is 17.5. The molecule has 1 atom stereocenters. The van der Waals surface area contributed by atoms with E-state index in [1.54, 1.807) is 0 Å². The van der Waals surface area contributed by atoms with Crippen molar-refractivity contribution in [1.29, 1.82) is 0 Å². The molecule has 0 radical (unpaired) electrons. The summed E-state index contributed by atoms with van der Waals surface area (Å²) in [5, 5.41) is 36.3. The van der Waals surface area contributed by atoms with E-state index in [-0.39, 0.29) is 0 Å². The predicted octanol–water partition coefficient (Wildman–Crippen LogP) is -2.43. The summed E-state index contributed by atoms with van der Waals surface area (Å²) >= 11 is 1.50. The zero-order valence-electron chi connectivity index (χ0n) is 7.59. The van der Waals surface area contributed by atoms with Crippen LogP contribution in [0.4, 0.5) is 4.39 Å². The van der Waals surface area contributed by atoms with Gasteiger partial charge in [-0.05, 0) is 0 Å². The van der Waals surface area contributed by atoms with Crippen molar-refractivity contribution in [2.75, 3.05) is 0 Å². The van der Waals surface area contributed by atoms with E-state index in [9.17, 15) is 4.39 Å². The average molecular weight is 206 g/mol. The van der Waals surface area contributed by atoms with Gasteiger partial charge in [0.05, 0.1) is 0 Å². The van der Waals surface area contributed by atoms with E-state index in [1.165, 1.54) is 24.6 Å². The van der Waals surface area contributed by atoms with Crippen LogP contribution in [0.3, 0.4) is 0 Å².